The van der Waals surface area contributed by atoms with E-state index in [0.717, 1.165) is 11.1 Å². The van der Waals surface area contributed by atoms with E-state index in [4.69, 9.17) is 13.9 Å². The Hall–Kier alpha value is -3.80. The van der Waals surface area contributed by atoms with Crippen molar-refractivity contribution in [3.05, 3.63) is 72.3 Å². The van der Waals surface area contributed by atoms with Crippen LogP contribution in [0.2, 0.25) is 0 Å². The van der Waals surface area contributed by atoms with Gasteiger partial charge in [-0.05, 0) is 48.0 Å². The first-order valence-electron chi connectivity index (χ1n) is 9.13. The smallest absolute Gasteiger partial charge is 0.228 e. The van der Waals surface area contributed by atoms with Crippen molar-refractivity contribution in [2.75, 3.05) is 19.5 Å². The number of hydrogen-bond donors (Lipinski definition) is 1. The van der Waals surface area contributed by atoms with E-state index < -0.39 is 0 Å². The molecule has 1 heterocycles. The summed E-state index contributed by atoms with van der Waals surface area (Å²) in [6, 6.07) is 20.5. The van der Waals surface area contributed by atoms with E-state index >= 15 is 0 Å². The van der Waals surface area contributed by atoms with Crippen molar-refractivity contribution < 1.29 is 18.7 Å². The molecule has 1 N–H and O–H groups in total. The molecule has 4 aromatic rings. The first-order valence-corrected chi connectivity index (χ1v) is 9.13. The highest BCUT2D eigenvalue weighted by atomic mass is 16.5. The van der Waals surface area contributed by atoms with Crippen LogP contribution in [0.4, 0.5) is 5.69 Å². The number of methoxy groups -OCH3 is 2. The second kappa shape index (κ2) is 8.06. The van der Waals surface area contributed by atoms with Crippen LogP contribution in [0.5, 0.6) is 11.5 Å². The van der Waals surface area contributed by atoms with Crippen LogP contribution in [0.1, 0.15) is 5.56 Å². The molecule has 0 aliphatic rings. The topological polar surface area (TPSA) is 73.6 Å². The molecule has 0 radical (unpaired) electrons. The molecule has 0 aliphatic carbocycles. The van der Waals surface area contributed by atoms with Gasteiger partial charge in [-0.1, -0.05) is 24.3 Å². The number of rotatable bonds is 6. The molecular formula is C23H20N2O4. The second-order valence-corrected chi connectivity index (χ2v) is 6.48. The molecule has 0 unspecified atom stereocenters. The molecule has 0 bridgehead atoms. The van der Waals surface area contributed by atoms with Gasteiger partial charge in [-0.3, -0.25) is 4.79 Å². The predicted molar refractivity (Wildman–Crippen MR) is 111 cm³/mol. The molecule has 146 valence electrons. The summed E-state index contributed by atoms with van der Waals surface area (Å²) in [5.41, 5.74) is 3.75. The highest BCUT2D eigenvalue weighted by molar-refractivity contribution is 5.94. The number of hydrogen-bond acceptors (Lipinski definition) is 5. The van der Waals surface area contributed by atoms with E-state index in [2.05, 4.69) is 10.3 Å². The summed E-state index contributed by atoms with van der Waals surface area (Å²) in [7, 11) is 3.14. The van der Waals surface area contributed by atoms with Crippen LogP contribution < -0.4 is 14.8 Å². The van der Waals surface area contributed by atoms with E-state index in [1.54, 1.807) is 44.6 Å². The molecule has 4 rings (SSSR count). The van der Waals surface area contributed by atoms with Crippen molar-refractivity contribution >= 4 is 22.7 Å². The molecule has 0 saturated carbocycles. The van der Waals surface area contributed by atoms with Gasteiger partial charge in [0.2, 0.25) is 11.8 Å². The Bertz CT molecular complexity index is 1150. The van der Waals surface area contributed by atoms with E-state index in [1.807, 2.05) is 36.4 Å². The maximum atomic E-state index is 12.5. The molecule has 1 amide bonds. The second-order valence-electron chi connectivity index (χ2n) is 6.48. The highest BCUT2D eigenvalue weighted by Crippen LogP contribution is 2.28. The monoisotopic (exact) mass is 388 g/mol. The van der Waals surface area contributed by atoms with Crippen LogP contribution in [0.15, 0.2) is 71.1 Å². The van der Waals surface area contributed by atoms with Crippen LogP contribution in [0.3, 0.4) is 0 Å². The number of nitrogens with zero attached hydrogens (tertiary/aromatic N) is 1. The summed E-state index contributed by atoms with van der Waals surface area (Å²) in [5.74, 6) is 1.63. The lowest BCUT2D eigenvalue weighted by Gasteiger charge is -2.10. The number of aromatic nitrogens is 1. The number of carbonyl (C=O) groups is 1. The normalized spacial score (nSPS) is 10.7. The molecule has 0 fully saturated rings. The summed E-state index contributed by atoms with van der Waals surface area (Å²) < 4.78 is 16.3. The first-order chi connectivity index (χ1) is 14.2. The Balaban J connectivity index is 1.49. The standard InChI is InChI=1S/C23H20N2O4/c1-27-20-10-8-15(12-21(20)28-2)13-22(26)24-17-9-11-19-18(14-17)25-23(29-19)16-6-4-3-5-7-16/h3-12,14H,13H2,1-2H3,(H,24,26). The Labute approximate surface area is 168 Å². The maximum absolute atomic E-state index is 12.5. The van der Waals surface area contributed by atoms with E-state index in [0.29, 0.717) is 34.2 Å². The average Bonchev–Trinajstić information content (AvgIpc) is 3.17. The third kappa shape index (κ3) is 4.06. The lowest BCUT2D eigenvalue weighted by atomic mass is 10.1. The van der Waals surface area contributed by atoms with Crippen molar-refractivity contribution in [1.82, 2.24) is 4.98 Å². The predicted octanol–water partition coefficient (Wildman–Crippen LogP) is 4.69. The van der Waals surface area contributed by atoms with Crippen molar-refractivity contribution in [3.8, 4) is 23.0 Å². The Morgan fingerprint density at radius 3 is 2.52 bits per heavy atom. The number of amides is 1. The zero-order valence-electron chi connectivity index (χ0n) is 16.1. The van der Waals surface area contributed by atoms with Crippen LogP contribution in [0.25, 0.3) is 22.6 Å². The number of oxazole rings is 1. The van der Waals surface area contributed by atoms with Gasteiger partial charge in [-0.15, -0.1) is 0 Å². The third-order valence-corrected chi connectivity index (χ3v) is 4.50. The molecule has 29 heavy (non-hydrogen) atoms. The molecule has 0 spiro atoms. The first kappa shape index (κ1) is 18.6. The zero-order valence-corrected chi connectivity index (χ0v) is 16.1. The summed E-state index contributed by atoms with van der Waals surface area (Å²) in [4.78, 5) is 17.0. The van der Waals surface area contributed by atoms with E-state index in [9.17, 15) is 4.79 Å². The molecule has 1 aromatic heterocycles. The Morgan fingerprint density at radius 1 is 0.966 bits per heavy atom. The number of fused-ring (bicyclic) bond motifs is 1. The maximum Gasteiger partial charge on any atom is 0.228 e. The van der Waals surface area contributed by atoms with Crippen molar-refractivity contribution in [3.63, 3.8) is 0 Å². The van der Waals surface area contributed by atoms with Gasteiger partial charge in [0.1, 0.15) is 5.52 Å². The van der Waals surface area contributed by atoms with E-state index in [1.165, 1.54) is 0 Å². The highest BCUT2D eigenvalue weighted by Gasteiger charge is 2.11. The van der Waals surface area contributed by atoms with Gasteiger partial charge in [-0.2, -0.15) is 0 Å². The molecule has 0 aliphatic heterocycles. The van der Waals surface area contributed by atoms with Crippen LogP contribution >= 0.6 is 0 Å². The Morgan fingerprint density at radius 2 is 1.76 bits per heavy atom. The van der Waals surface area contributed by atoms with Crippen molar-refractivity contribution in [2.24, 2.45) is 0 Å². The number of carbonyl (C=O) groups excluding carboxylic acids is 1. The summed E-state index contributed by atoms with van der Waals surface area (Å²) >= 11 is 0. The Kier molecular flexibility index (Phi) is 5.16. The van der Waals surface area contributed by atoms with Crippen LogP contribution in [-0.4, -0.2) is 25.1 Å². The van der Waals surface area contributed by atoms with Gasteiger partial charge in [0.05, 0.1) is 20.6 Å². The molecule has 6 nitrogen and oxygen atoms in total. The van der Waals surface area contributed by atoms with Crippen LogP contribution in [0, 0.1) is 0 Å². The number of nitrogens with one attached hydrogen (secondary N) is 1. The minimum absolute atomic E-state index is 0.136. The minimum Gasteiger partial charge on any atom is -0.493 e. The largest absolute Gasteiger partial charge is 0.493 e. The summed E-state index contributed by atoms with van der Waals surface area (Å²) in [5, 5.41) is 2.90. The summed E-state index contributed by atoms with van der Waals surface area (Å²) in [6.07, 6.45) is 0.215. The molecule has 0 saturated heterocycles. The minimum atomic E-state index is -0.136. The lowest BCUT2D eigenvalue weighted by molar-refractivity contribution is -0.115. The van der Waals surface area contributed by atoms with Crippen molar-refractivity contribution in [1.29, 1.82) is 0 Å². The van der Waals surface area contributed by atoms with Crippen LogP contribution in [-0.2, 0) is 11.2 Å². The fourth-order valence-corrected chi connectivity index (χ4v) is 3.09. The van der Waals surface area contributed by atoms with Gasteiger partial charge in [0, 0.05) is 11.3 Å². The summed E-state index contributed by atoms with van der Waals surface area (Å²) in [6.45, 7) is 0. The number of benzene rings is 3. The fraction of sp³-hybridized carbons (Fsp3) is 0.130. The SMILES string of the molecule is COc1ccc(CC(=O)Nc2ccc3oc(-c4ccccc4)nc3c2)cc1OC. The van der Waals surface area contributed by atoms with Crippen molar-refractivity contribution in [2.45, 2.75) is 6.42 Å². The molecular weight excluding hydrogens is 368 g/mol. The van der Waals surface area contributed by atoms with Gasteiger partial charge in [0.25, 0.3) is 0 Å². The van der Waals surface area contributed by atoms with Gasteiger partial charge >= 0.3 is 0 Å². The van der Waals surface area contributed by atoms with E-state index in [-0.39, 0.29) is 12.3 Å². The quantitative estimate of drug-likeness (QED) is 0.519. The number of anilines is 1. The zero-order chi connectivity index (χ0) is 20.2. The third-order valence-electron chi connectivity index (χ3n) is 4.50. The van der Waals surface area contributed by atoms with Gasteiger partial charge < -0.3 is 19.2 Å². The van der Waals surface area contributed by atoms with Gasteiger partial charge in [-0.25, -0.2) is 4.98 Å². The molecule has 0 atom stereocenters. The van der Waals surface area contributed by atoms with Gasteiger partial charge in [0.15, 0.2) is 17.1 Å². The average molecular weight is 388 g/mol. The fourth-order valence-electron chi connectivity index (χ4n) is 3.09. The molecule has 6 heteroatoms. The molecule has 3 aromatic carbocycles. The number of ether oxygens (including phenoxy) is 2. The lowest BCUT2D eigenvalue weighted by Crippen LogP contribution is -2.14.